The van der Waals surface area contributed by atoms with E-state index in [4.69, 9.17) is 0 Å². The molecule has 0 bridgehead atoms. The first-order valence-electron chi connectivity index (χ1n) is 8.16. The number of allylic oxidation sites excluding steroid dienone is 3. The zero-order valence-electron chi connectivity index (χ0n) is 14.8. The van der Waals surface area contributed by atoms with E-state index in [9.17, 15) is 0 Å². The number of benzene rings is 2. The van der Waals surface area contributed by atoms with Crippen molar-refractivity contribution in [2.24, 2.45) is 0 Å². The van der Waals surface area contributed by atoms with Crippen LogP contribution in [0.15, 0.2) is 87.5 Å². The molecule has 0 amide bonds. The summed E-state index contributed by atoms with van der Waals surface area (Å²) in [5.74, 6) is 0. The Morgan fingerprint density at radius 2 is 1.39 bits per heavy atom. The molecule has 0 fully saturated rings. The maximum Gasteiger partial charge on any atom is 0.166 e. The third kappa shape index (κ3) is 4.39. The minimum Gasteiger partial charge on any atom is -0.0827 e. The number of hydrogen-bond acceptors (Lipinski definition) is 0. The zero-order valence-corrected chi connectivity index (χ0v) is 15.7. The summed E-state index contributed by atoms with van der Waals surface area (Å²) in [6.07, 6.45) is 6.59. The van der Waals surface area contributed by atoms with Gasteiger partial charge in [0.05, 0.1) is 10.9 Å². The molecule has 0 aliphatic carbocycles. The van der Waals surface area contributed by atoms with Gasteiger partial charge in [-0.2, -0.15) is 0 Å². The van der Waals surface area contributed by atoms with Crippen molar-refractivity contribution in [3.8, 4) is 0 Å². The standard InChI is InChI=1S/C22H27S/c1-6-11-19(7-2)23(20-12-9-8-10-13-20)21-16-14-18(15-17-21)22(3,4)5/h6-17H,1-5H3/q+1/b11-6-,19-7+. The Hall–Kier alpha value is -1.73. The van der Waals surface area contributed by atoms with Gasteiger partial charge in [0.25, 0.3) is 0 Å². The van der Waals surface area contributed by atoms with Gasteiger partial charge < -0.3 is 0 Å². The Morgan fingerprint density at radius 1 is 0.826 bits per heavy atom. The van der Waals surface area contributed by atoms with Gasteiger partial charge in [-0.3, -0.25) is 0 Å². The molecule has 0 aromatic heterocycles. The molecule has 1 unspecified atom stereocenters. The highest BCUT2D eigenvalue weighted by Crippen LogP contribution is 2.32. The molecule has 0 radical (unpaired) electrons. The highest BCUT2D eigenvalue weighted by atomic mass is 32.2. The van der Waals surface area contributed by atoms with E-state index in [1.165, 1.54) is 20.3 Å². The maximum absolute atomic E-state index is 2.30. The van der Waals surface area contributed by atoms with Crippen LogP contribution in [0.5, 0.6) is 0 Å². The lowest BCUT2D eigenvalue weighted by Gasteiger charge is -2.19. The molecule has 120 valence electrons. The summed E-state index contributed by atoms with van der Waals surface area (Å²) in [5, 5.41) is 0. The van der Waals surface area contributed by atoms with Gasteiger partial charge in [-0.1, -0.05) is 57.2 Å². The normalized spacial score (nSPS) is 14.2. The summed E-state index contributed by atoms with van der Waals surface area (Å²) in [6.45, 7) is 11.0. The van der Waals surface area contributed by atoms with Crippen LogP contribution in [0.2, 0.25) is 0 Å². The summed E-state index contributed by atoms with van der Waals surface area (Å²) in [4.78, 5) is 4.10. The smallest absolute Gasteiger partial charge is 0.0827 e. The first kappa shape index (κ1) is 17.6. The third-order valence-electron chi connectivity index (χ3n) is 3.79. The van der Waals surface area contributed by atoms with Crippen LogP contribution in [0.3, 0.4) is 0 Å². The summed E-state index contributed by atoms with van der Waals surface area (Å²) < 4.78 is 0. The predicted octanol–water partition coefficient (Wildman–Crippen LogP) is 6.50. The van der Waals surface area contributed by atoms with Gasteiger partial charge in [0.1, 0.15) is 0 Å². The molecule has 0 saturated carbocycles. The van der Waals surface area contributed by atoms with Crippen molar-refractivity contribution in [3.05, 3.63) is 83.3 Å². The highest BCUT2D eigenvalue weighted by Gasteiger charge is 2.29. The molecule has 2 aromatic carbocycles. The Balaban J connectivity index is 2.50. The fraction of sp³-hybridized carbons (Fsp3) is 0.273. The summed E-state index contributed by atoms with van der Waals surface area (Å²) in [6, 6.07) is 19.9. The van der Waals surface area contributed by atoms with E-state index in [0.29, 0.717) is 0 Å². The first-order valence-corrected chi connectivity index (χ1v) is 9.38. The second kappa shape index (κ2) is 7.70. The molecule has 0 N–H and O–H groups in total. The van der Waals surface area contributed by atoms with Crippen LogP contribution in [-0.4, -0.2) is 0 Å². The highest BCUT2D eigenvalue weighted by molar-refractivity contribution is 8.00. The average Bonchev–Trinajstić information content (AvgIpc) is 2.55. The molecule has 0 saturated heterocycles. The molecule has 23 heavy (non-hydrogen) atoms. The van der Waals surface area contributed by atoms with Gasteiger partial charge in [-0.05, 0) is 61.2 Å². The minimum absolute atomic E-state index is 0.0497. The monoisotopic (exact) mass is 323 g/mol. The summed E-state index contributed by atoms with van der Waals surface area (Å²) >= 11 is 0. The van der Waals surface area contributed by atoms with Crippen molar-refractivity contribution in [2.45, 2.75) is 49.8 Å². The van der Waals surface area contributed by atoms with Crippen molar-refractivity contribution >= 4 is 10.9 Å². The molecule has 0 spiro atoms. The molecule has 1 heteroatoms. The molecule has 0 aliphatic rings. The molecule has 0 aliphatic heterocycles. The van der Waals surface area contributed by atoms with E-state index in [1.807, 2.05) is 0 Å². The lowest BCUT2D eigenvalue weighted by Crippen LogP contribution is -2.12. The van der Waals surface area contributed by atoms with Gasteiger partial charge in [-0.25, -0.2) is 0 Å². The van der Waals surface area contributed by atoms with E-state index >= 15 is 0 Å². The topological polar surface area (TPSA) is 0 Å². The van der Waals surface area contributed by atoms with E-state index < -0.39 is 0 Å². The Bertz CT molecular complexity index is 670. The first-order chi connectivity index (χ1) is 11.0. The van der Waals surface area contributed by atoms with Crippen molar-refractivity contribution in [1.29, 1.82) is 0 Å². The fourth-order valence-electron chi connectivity index (χ4n) is 2.50. The Kier molecular flexibility index (Phi) is 5.90. The van der Waals surface area contributed by atoms with E-state index in [2.05, 4.69) is 107 Å². The van der Waals surface area contributed by atoms with E-state index in [1.54, 1.807) is 0 Å². The van der Waals surface area contributed by atoms with Gasteiger partial charge in [0.15, 0.2) is 14.7 Å². The molecule has 1 atom stereocenters. The molecular formula is C22H27S+. The number of hydrogen-bond donors (Lipinski definition) is 0. The van der Waals surface area contributed by atoms with Gasteiger partial charge in [0.2, 0.25) is 0 Å². The maximum atomic E-state index is 2.30. The van der Waals surface area contributed by atoms with Gasteiger partial charge in [-0.15, -0.1) is 0 Å². The zero-order chi connectivity index (χ0) is 16.9. The van der Waals surface area contributed by atoms with Crippen LogP contribution >= 0.6 is 0 Å². The van der Waals surface area contributed by atoms with Crippen LogP contribution in [-0.2, 0) is 16.3 Å². The second-order valence-electron chi connectivity index (χ2n) is 6.58. The molecule has 0 heterocycles. The minimum atomic E-state index is -0.0497. The van der Waals surface area contributed by atoms with Crippen molar-refractivity contribution in [3.63, 3.8) is 0 Å². The largest absolute Gasteiger partial charge is 0.166 e. The van der Waals surface area contributed by atoms with Crippen molar-refractivity contribution < 1.29 is 0 Å². The second-order valence-corrected chi connectivity index (χ2v) is 8.61. The van der Waals surface area contributed by atoms with Crippen LogP contribution in [0, 0.1) is 0 Å². The average molecular weight is 324 g/mol. The quantitative estimate of drug-likeness (QED) is 0.445. The number of rotatable bonds is 4. The lowest BCUT2D eigenvalue weighted by molar-refractivity contribution is 0.589. The van der Waals surface area contributed by atoms with Crippen molar-refractivity contribution in [1.82, 2.24) is 0 Å². The molecule has 2 rings (SSSR count). The predicted molar refractivity (Wildman–Crippen MR) is 104 cm³/mol. The van der Waals surface area contributed by atoms with Gasteiger partial charge >= 0.3 is 0 Å². The Morgan fingerprint density at radius 3 is 1.87 bits per heavy atom. The molecular weight excluding hydrogens is 296 g/mol. The summed E-state index contributed by atoms with van der Waals surface area (Å²) in [7, 11) is -0.0497. The van der Waals surface area contributed by atoms with E-state index in [-0.39, 0.29) is 16.3 Å². The van der Waals surface area contributed by atoms with Crippen LogP contribution in [0.4, 0.5) is 0 Å². The fourth-order valence-corrected chi connectivity index (χ4v) is 4.66. The Labute approximate surface area is 144 Å². The molecule has 0 nitrogen and oxygen atoms in total. The van der Waals surface area contributed by atoms with Crippen LogP contribution in [0.25, 0.3) is 0 Å². The van der Waals surface area contributed by atoms with Crippen molar-refractivity contribution in [2.75, 3.05) is 0 Å². The molecule has 2 aromatic rings. The SMILES string of the molecule is C/C=C\C(=C/C)[S+](c1ccccc1)c1ccc(C(C)(C)C)cc1. The third-order valence-corrected chi connectivity index (χ3v) is 6.12. The summed E-state index contributed by atoms with van der Waals surface area (Å²) in [5.41, 5.74) is 1.57. The van der Waals surface area contributed by atoms with Crippen LogP contribution in [0.1, 0.15) is 40.2 Å². The van der Waals surface area contributed by atoms with E-state index in [0.717, 1.165) is 0 Å². The van der Waals surface area contributed by atoms with Crippen LogP contribution < -0.4 is 0 Å². The van der Waals surface area contributed by atoms with Gasteiger partial charge in [0, 0.05) is 0 Å². The lowest BCUT2D eigenvalue weighted by atomic mass is 9.87.